The zero-order valence-electron chi connectivity index (χ0n) is 17.3. The van der Waals surface area contributed by atoms with E-state index in [2.05, 4.69) is 15.7 Å². The Morgan fingerprint density at radius 2 is 1.91 bits per heavy atom. The van der Waals surface area contributed by atoms with E-state index in [4.69, 9.17) is 0 Å². The van der Waals surface area contributed by atoms with Crippen molar-refractivity contribution in [3.05, 3.63) is 82.8 Å². The van der Waals surface area contributed by atoms with Crippen LogP contribution in [-0.2, 0) is 13.0 Å². The number of benzene rings is 2. The molecule has 5 nitrogen and oxygen atoms in total. The molecule has 4 rings (SSSR count). The summed E-state index contributed by atoms with van der Waals surface area (Å²) >= 11 is 0. The van der Waals surface area contributed by atoms with Crippen LogP contribution in [0, 0.1) is 5.82 Å². The fraction of sp³-hybridized carbons (Fsp3) is 0.304. The van der Waals surface area contributed by atoms with Crippen LogP contribution in [0.5, 0.6) is 0 Å². The van der Waals surface area contributed by atoms with Gasteiger partial charge in [-0.2, -0.15) is 18.3 Å². The van der Waals surface area contributed by atoms with Gasteiger partial charge in [0.05, 0.1) is 12.2 Å². The van der Waals surface area contributed by atoms with Crippen molar-refractivity contribution in [3.63, 3.8) is 0 Å². The third-order valence-electron chi connectivity index (χ3n) is 5.67. The molecule has 0 fully saturated rings. The summed E-state index contributed by atoms with van der Waals surface area (Å²) in [4.78, 5) is 12.7. The molecule has 0 spiro atoms. The average molecular weight is 446 g/mol. The van der Waals surface area contributed by atoms with Crippen LogP contribution in [0.4, 0.5) is 23.4 Å². The zero-order chi connectivity index (χ0) is 22.9. The zero-order valence-corrected chi connectivity index (χ0v) is 17.3. The molecule has 2 N–H and O–H groups in total. The number of carbonyl (C=O) groups excluding carboxylic acids is 1. The van der Waals surface area contributed by atoms with E-state index in [0.29, 0.717) is 5.56 Å². The molecule has 32 heavy (non-hydrogen) atoms. The van der Waals surface area contributed by atoms with Gasteiger partial charge in [0.2, 0.25) is 0 Å². The molecule has 0 aliphatic carbocycles. The molecule has 1 aliphatic heterocycles. The van der Waals surface area contributed by atoms with Crippen LogP contribution < -0.4 is 10.6 Å². The molecule has 0 saturated heterocycles. The number of nitrogens with zero attached hydrogens (tertiary/aromatic N) is 2. The molecule has 2 heterocycles. The molecule has 1 aromatic heterocycles. The normalized spacial score (nSPS) is 18.0. The Morgan fingerprint density at radius 1 is 1.19 bits per heavy atom. The number of fused-ring (bicyclic) bond motifs is 1. The average Bonchev–Trinajstić information content (AvgIpc) is 3.21. The minimum Gasteiger partial charge on any atom is -0.363 e. The smallest absolute Gasteiger partial charge is 0.363 e. The summed E-state index contributed by atoms with van der Waals surface area (Å²) in [6, 6.07) is 10.8. The second-order valence-corrected chi connectivity index (χ2v) is 7.71. The van der Waals surface area contributed by atoms with Gasteiger partial charge >= 0.3 is 6.18 Å². The molecule has 168 valence electrons. The first-order chi connectivity index (χ1) is 15.3. The van der Waals surface area contributed by atoms with Crippen LogP contribution in [0.3, 0.4) is 0 Å². The number of rotatable bonds is 5. The number of hydrogen-bond acceptors (Lipinski definition) is 3. The summed E-state index contributed by atoms with van der Waals surface area (Å²) in [6.07, 6.45) is -2.85. The Balaban J connectivity index is 1.61. The summed E-state index contributed by atoms with van der Waals surface area (Å²) in [7, 11) is 0. The van der Waals surface area contributed by atoms with E-state index >= 15 is 0 Å². The summed E-state index contributed by atoms with van der Waals surface area (Å²) in [5.74, 6) is -1.12. The highest BCUT2D eigenvalue weighted by Crippen LogP contribution is 2.44. The molecular formula is C23H22F4N4O. The van der Waals surface area contributed by atoms with Crippen LogP contribution >= 0.6 is 0 Å². The Morgan fingerprint density at radius 3 is 2.56 bits per heavy atom. The number of alkyl halides is 3. The lowest BCUT2D eigenvalue weighted by Gasteiger charge is -2.34. The molecule has 0 radical (unpaired) electrons. The minimum absolute atomic E-state index is 0.00539. The first-order valence-electron chi connectivity index (χ1n) is 10.3. The number of carbonyl (C=O) groups is 1. The fourth-order valence-corrected chi connectivity index (χ4v) is 3.85. The number of anilines is 1. The van der Waals surface area contributed by atoms with Gasteiger partial charge in [-0.15, -0.1) is 0 Å². The van der Waals surface area contributed by atoms with Crippen LogP contribution in [-0.4, -0.2) is 21.9 Å². The highest BCUT2D eigenvalue weighted by molar-refractivity contribution is 5.98. The van der Waals surface area contributed by atoms with Gasteiger partial charge in [-0.3, -0.25) is 4.79 Å². The van der Waals surface area contributed by atoms with Crippen LogP contribution in [0.1, 0.15) is 52.5 Å². The topological polar surface area (TPSA) is 59.0 Å². The van der Waals surface area contributed by atoms with Crippen molar-refractivity contribution in [1.82, 2.24) is 15.1 Å². The largest absolute Gasteiger partial charge is 0.410 e. The van der Waals surface area contributed by atoms with Crippen molar-refractivity contribution in [3.8, 4) is 0 Å². The number of hydrogen-bond donors (Lipinski definition) is 2. The maximum absolute atomic E-state index is 13.8. The predicted octanol–water partition coefficient (Wildman–Crippen LogP) is 5.17. The first kappa shape index (κ1) is 21.9. The molecule has 3 aromatic rings. The highest BCUT2D eigenvalue weighted by atomic mass is 19.4. The van der Waals surface area contributed by atoms with Gasteiger partial charge in [-0.1, -0.05) is 49.4 Å². The molecule has 1 amide bonds. The van der Waals surface area contributed by atoms with Gasteiger partial charge in [0.1, 0.15) is 17.2 Å². The Hall–Kier alpha value is -3.36. The number of halogens is 4. The second kappa shape index (κ2) is 8.64. The minimum atomic E-state index is -4.54. The molecular weight excluding hydrogens is 424 g/mol. The Bertz CT molecular complexity index is 1110. The highest BCUT2D eigenvalue weighted by Gasteiger charge is 2.47. The van der Waals surface area contributed by atoms with Crippen molar-refractivity contribution >= 4 is 11.7 Å². The standard InChI is InChI=1S/C23H22F4N4O/c1-2-14-7-9-15(10-8-14)19-11-20(23(25,26)27)31-21(30-19)17(13-29-31)22(32)28-12-16-5-3-4-6-18(16)24/h3-10,13,19-20,30H,2,11-12H2,1H3,(H,28,32). The van der Waals surface area contributed by atoms with Crippen molar-refractivity contribution in [2.45, 2.75) is 44.6 Å². The number of aryl methyl sites for hydroxylation is 1. The Labute approximate surface area is 182 Å². The fourth-order valence-electron chi connectivity index (χ4n) is 3.85. The van der Waals surface area contributed by atoms with E-state index in [1.807, 2.05) is 19.1 Å². The maximum atomic E-state index is 13.8. The summed E-state index contributed by atoms with van der Waals surface area (Å²) < 4.78 is 56.1. The second-order valence-electron chi connectivity index (χ2n) is 7.71. The summed E-state index contributed by atoms with van der Waals surface area (Å²) in [6.45, 7) is 1.90. The van der Waals surface area contributed by atoms with E-state index < -0.39 is 30.0 Å². The van der Waals surface area contributed by atoms with Gasteiger partial charge in [-0.25, -0.2) is 9.07 Å². The lowest BCUT2D eigenvalue weighted by atomic mass is 9.95. The molecule has 0 saturated carbocycles. The maximum Gasteiger partial charge on any atom is 0.410 e. The molecule has 2 unspecified atom stereocenters. The van der Waals surface area contributed by atoms with Gasteiger partial charge in [0.15, 0.2) is 6.04 Å². The van der Waals surface area contributed by atoms with E-state index in [-0.39, 0.29) is 29.9 Å². The molecule has 9 heteroatoms. The van der Waals surface area contributed by atoms with Gasteiger partial charge in [-0.05, 0) is 23.6 Å². The van der Waals surface area contributed by atoms with Crippen molar-refractivity contribution in [1.29, 1.82) is 0 Å². The van der Waals surface area contributed by atoms with Crippen LogP contribution in [0.15, 0.2) is 54.7 Å². The molecule has 2 aromatic carbocycles. The van der Waals surface area contributed by atoms with Gasteiger partial charge < -0.3 is 10.6 Å². The summed E-state index contributed by atoms with van der Waals surface area (Å²) in [5.41, 5.74) is 2.03. The number of aromatic nitrogens is 2. The van der Waals surface area contributed by atoms with E-state index in [0.717, 1.165) is 22.9 Å². The monoisotopic (exact) mass is 446 g/mol. The predicted molar refractivity (Wildman–Crippen MR) is 112 cm³/mol. The SMILES string of the molecule is CCc1ccc(C2CC(C(F)(F)F)n3ncc(C(=O)NCc4ccccc4F)c3N2)cc1. The van der Waals surface area contributed by atoms with E-state index in [1.165, 1.54) is 18.2 Å². The van der Waals surface area contributed by atoms with Crippen molar-refractivity contribution in [2.75, 3.05) is 5.32 Å². The molecule has 0 bridgehead atoms. The van der Waals surface area contributed by atoms with Crippen LogP contribution in [0.2, 0.25) is 0 Å². The van der Waals surface area contributed by atoms with Crippen molar-refractivity contribution < 1.29 is 22.4 Å². The molecule has 2 atom stereocenters. The third-order valence-corrected chi connectivity index (χ3v) is 5.67. The third kappa shape index (κ3) is 4.32. The lowest BCUT2D eigenvalue weighted by Crippen LogP contribution is -2.36. The first-order valence-corrected chi connectivity index (χ1v) is 10.3. The number of amides is 1. The van der Waals surface area contributed by atoms with Gasteiger partial charge in [0.25, 0.3) is 5.91 Å². The van der Waals surface area contributed by atoms with E-state index in [1.54, 1.807) is 18.2 Å². The Kier molecular flexibility index (Phi) is 5.90. The van der Waals surface area contributed by atoms with Crippen molar-refractivity contribution in [2.24, 2.45) is 0 Å². The number of nitrogens with one attached hydrogen (secondary N) is 2. The van der Waals surface area contributed by atoms with Gasteiger partial charge in [0, 0.05) is 18.5 Å². The van der Waals surface area contributed by atoms with Crippen LogP contribution in [0.25, 0.3) is 0 Å². The summed E-state index contributed by atoms with van der Waals surface area (Å²) in [5, 5.41) is 9.47. The van der Waals surface area contributed by atoms with E-state index in [9.17, 15) is 22.4 Å². The molecule has 1 aliphatic rings. The lowest BCUT2D eigenvalue weighted by molar-refractivity contribution is -0.173. The quantitative estimate of drug-likeness (QED) is 0.532.